The zero-order valence-corrected chi connectivity index (χ0v) is 7.60. The van der Waals surface area contributed by atoms with Gasteiger partial charge in [-0.05, 0) is 0 Å². The number of nitrogens with zero attached hydrogens (tertiary/aromatic N) is 1. The van der Waals surface area contributed by atoms with E-state index in [4.69, 9.17) is 9.84 Å². The van der Waals surface area contributed by atoms with Crippen molar-refractivity contribution in [2.45, 2.75) is 6.04 Å². The third kappa shape index (κ3) is 1.41. The number of ether oxygens (including phenoxy) is 1. The standard InChI is InChI=1S/C8H12N2O4/c11-7(12)5-3-14-4-6(5)10-2-1-9-8(10)13/h5-6H,1-4H2,(H,9,13)(H,11,12). The van der Waals surface area contributed by atoms with Gasteiger partial charge in [0.15, 0.2) is 0 Å². The van der Waals surface area contributed by atoms with Crippen molar-refractivity contribution in [2.75, 3.05) is 26.3 Å². The largest absolute Gasteiger partial charge is 0.481 e. The van der Waals surface area contributed by atoms with E-state index >= 15 is 0 Å². The summed E-state index contributed by atoms with van der Waals surface area (Å²) in [5, 5.41) is 11.5. The molecule has 2 rings (SSSR count). The predicted molar refractivity (Wildman–Crippen MR) is 45.8 cm³/mol. The number of carbonyl (C=O) groups excluding carboxylic acids is 1. The van der Waals surface area contributed by atoms with E-state index in [0.29, 0.717) is 19.7 Å². The number of hydrogen-bond acceptors (Lipinski definition) is 3. The summed E-state index contributed by atoms with van der Waals surface area (Å²) in [6.45, 7) is 1.67. The van der Waals surface area contributed by atoms with Crippen molar-refractivity contribution in [2.24, 2.45) is 5.92 Å². The molecule has 0 radical (unpaired) electrons. The molecule has 6 heteroatoms. The van der Waals surface area contributed by atoms with Gasteiger partial charge in [0.2, 0.25) is 0 Å². The van der Waals surface area contributed by atoms with Gasteiger partial charge < -0.3 is 20.1 Å². The molecule has 0 aromatic carbocycles. The summed E-state index contributed by atoms with van der Waals surface area (Å²) in [6.07, 6.45) is 0. The quantitative estimate of drug-likeness (QED) is 0.606. The maximum Gasteiger partial charge on any atom is 0.317 e. The minimum absolute atomic E-state index is 0.188. The van der Waals surface area contributed by atoms with Crippen molar-refractivity contribution < 1.29 is 19.4 Å². The molecule has 2 fully saturated rings. The van der Waals surface area contributed by atoms with Crippen LogP contribution in [0.2, 0.25) is 0 Å². The summed E-state index contributed by atoms with van der Waals surface area (Å²) < 4.78 is 5.09. The first-order chi connectivity index (χ1) is 6.70. The Balaban J connectivity index is 2.09. The number of amides is 2. The molecule has 0 spiro atoms. The SMILES string of the molecule is O=C(O)C1COCC1N1CCNC1=O. The monoisotopic (exact) mass is 200 g/mol. The first-order valence-electron chi connectivity index (χ1n) is 4.55. The first kappa shape index (κ1) is 9.26. The van der Waals surface area contributed by atoms with Crippen LogP contribution in [0.25, 0.3) is 0 Å². The molecule has 14 heavy (non-hydrogen) atoms. The van der Waals surface area contributed by atoms with E-state index in [0.717, 1.165) is 0 Å². The minimum atomic E-state index is -0.896. The summed E-state index contributed by atoms with van der Waals surface area (Å²) in [4.78, 5) is 23.7. The summed E-state index contributed by atoms with van der Waals surface area (Å²) in [5.41, 5.74) is 0. The lowest BCUT2D eigenvalue weighted by Crippen LogP contribution is -2.44. The lowest BCUT2D eigenvalue weighted by Gasteiger charge is -2.24. The topological polar surface area (TPSA) is 78.9 Å². The second-order valence-corrected chi connectivity index (χ2v) is 3.47. The molecule has 2 heterocycles. The Bertz CT molecular complexity index is 268. The summed E-state index contributed by atoms with van der Waals surface area (Å²) in [5.74, 6) is -1.48. The van der Waals surface area contributed by atoms with Gasteiger partial charge in [0.05, 0.1) is 19.3 Å². The zero-order valence-electron chi connectivity index (χ0n) is 7.60. The summed E-state index contributed by atoms with van der Waals surface area (Å²) in [7, 11) is 0. The summed E-state index contributed by atoms with van der Waals surface area (Å²) >= 11 is 0. The van der Waals surface area contributed by atoms with E-state index in [1.165, 1.54) is 0 Å². The molecule has 2 N–H and O–H groups in total. The van der Waals surface area contributed by atoms with Crippen LogP contribution in [0.3, 0.4) is 0 Å². The van der Waals surface area contributed by atoms with Crippen molar-refractivity contribution in [1.82, 2.24) is 10.2 Å². The first-order valence-corrected chi connectivity index (χ1v) is 4.55. The van der Waals surface area contributed by atoms with Crippen molar-refractivity contribution in [3.05, 3.63) is 0 Å². The van der Waals surface area contributed by atoms with Gasteiger partial charge in [-0.3, -0.25) is 4.79 Å². The summed E-state index contributed by atoms with van der Waals surface area (Å²) in [6, 6.07) is -0.498. The second kappa shape index (κ2) is 3.45. The van der Waals surface area contributed by atoms with Crippen LogP contribution in [0, 0.1) is 5.92 Å². The fourth-order valence-corrected chi connectivity index (χ4v) is 1.89. The normalized spacial score (nSPS) is 32.0. The lowest BCUT2D eigenvalue weighted by atomic mass is 10.0. The molecule has 6 nitrogen and oxygen atoms in total. The number of carboxylic acid groups (broad SMARTS) is 1. The van der Waals surface area contributed by atoms with Gasteiger partial charge in [-0.25, -0.2) is 4.79 Å². The van der Waals surface area contributed by atoms with Crippen LogP contribution in [0.4, 0.5) is 4.79 Å². The molecule has 2 unspecified atom stereocenters. The number of hydrogen-bond donors (Lipinski definition) is 2. The van der Waals surface area contributed by atoms with E-state index in [9.17, 15) is 9.59 Å². The van der Waals surface area contributed by atoms with E-state index < -0.39 is 11.9 Å². The molecule has 0 aliphatic carbocycles. The predicted octanol–water partition coefficient (Wildman–Crippen LogP) is -0.889. The van der Waals surface area contributed by atoms with Gasteiger partial charge >= 0.3 is 12.0 Å². The van der Waals surface area contributed by atoms with Crippen LogP contribution in [-0.4, -0.2) is 54.4 Å². The third-order valence-corrected chi connectivity index (χ3v) is 2.66. The highest BCUT2D eigenvalue weighted by atomic mass is 16.5. The molecule has 0 saturated carbocycles. The van der Waals surface area contributed by atoms with Gasteiger partial charge in [-0.2, -0.15) is 0 Å². The molecule has 78 valence electrons. The van der Waals surface area contributed by atoms with Crippen molar-refractivity contribution in [3.8, 4) is 0 Å². The Kier molecular flexibility index (Phi) is 2.28. The Labute approximate surface area is 80.8 Å². The molecule has 2 atom stereocenters. The van der Waals surface area contributed by atoms with E-state index in [1.807, 2.05) is 0 Å². The molecule has 2 amide bonds. The number of aliphatic carboxylic acids is 1. The Morgan fingerprint density at radius 2 is 2.36 bits per heavy atom. The van der Waals surface area contributed by atoms with Gasteiger partial charge in [0.1, 0.15) is 5.92 Å². The molecule has 2 saturated heterocycles. The number of urea groups is 1. The average molecular weight is 200 g/mol. The van der Waals surface area contributed by atoms with Crippen molar-refractivity contribution >= 4 is 12.0 Å². The van der Waals surface area contributed by atoms with E-state index in [1.54, 1.807) is 4.90 Å². The Morgan fingerprint density at radius 3 is 2.93 bits per heavy atom. The van der Waals surface area contributed by atoms with Crippen LogP contribution in [-0.2, 0) is 9.53 Å². The molecular weight excluding hydrogens is 188 g/mol. The van der Waals surface area contributed by atoms with Crippen LogP contribution in [0.5, 0.6) is 0 Å². The number of carbonyl (C=O) groups is 2. The molecule has 2 aliphatic heterocycles. The highest BCUT2D eigenvalue weighted by Crippen LogP contribution is 2.21. The molecule has 0 aromatic heterocycles. The van der Waals surface area contributed by atoms with Crippen LogP contribution < -0.4 is 5.32 Å². The zero-order chi connectivity index (χ0) is 10.1. The molecule has 2 aliphatic rings. The maximum atomic E-state index is 11.3. The van der Waals surface area contributed by atoms with E-state index in [-0.39, 0.29) is 18.7 Å². The van der Waals surface area contributed by atoms with Crippen molar-refractivity contribution in [3.63, 3.8) is 0 Å². The molecular formula is C8H12N2O4. The third-order valence-electron chi connectivity index (χ3n) is 2.66. The highest BCUT2D eigenvalue weighted by molar-refractivity contribution is 5.78. The number of nitrogens with one attached hydrogen (secondary N) is 1. The highest BCUT2D eigenvalue weighted by Gasteiger charge is 2.41. The maximum absolute atomic E-state index is 11.3. The Morgan fingerprint density at radius 1 is 1.57 bits per heavy atom. The van der Waals surface area contributed by atoms with Gasteiger partial charge in [0.25, 0.3) is 0 Å². The van der Waals surface area contributed by atoms with Crippen LogP contribution in [0.1, 0.15) is 0 Å². The number of carboxylic acids is 1. The van der Waals surface area contributed by atoms with E-state index in [2.05, 4.69) is 5.32 Å². The minimum Gasteiger partial charge on any atom is -0.481 e. The average Bonchev–Trinajstić information content (AvgIpc) is 2.70. The van der Waals surface area contributed by atoms with Crippen LogP contribution >= 0.6 is 0 Å². The van der Waals surface area contributed by atoms with Crippen LogP contribution in [0.15, 0.2) is 0 Å². The lowest BCUT2D eigenvalue weighted by molar-refractivity contribution is -0.142. The molecule has 0 aromatic rings. The second-order valence-electron chi connectivity index (χ2n) is 3.47. The van der Waals surface area contributed by atoms with Gasteiger partial charge in [-0.15, -0.1) is 0 Å². The smallest absolute Gasteiger partial charge is 0.317 e. The van der Waals surface area contributed by atoms with Crippen molar-refractivity contribution in [1.29, 1.82) is 0 Å². The fourth-order valence-electron chi connectivity index (χ4n) is 1.89. The molecule has 0 bridgehead atoms. The van der Waals surface area contributed by atoms with Gasteiger partial charge in [-0.1, -0.05) is 0 Å². The number of rotatable bonds is 2. The Hall–Kier alpha value is -1.30. The fraction of sp³-hybridized carbons (Fsp3) is 0.750. The van der Waals surface area contributed by atoms with Gasteiger partial charge in [0, 0.05) is 13.1 Å².